The highest BCUT2D eigenvalue weighted by atomic mass is 32.1. The highest BCUT2D eigenvalue weighted by molar-refractivity contribution is 7.19. The summed E-state index contributed by atoms with van der Waals surface area (Å²) in [5.41, 5.74) is 3.88. The van der Waals surface area contributed by atoms with Crippen LogP contribution in [0.3, 0.4) is 0 Å². The van der Waals surface area contributed by atoms with Crippen LogP contribution in [0.5, 0.6) is 0 Å². The van der Waals surface area contributed by atoms with Crippen LogP contribution in [0.4, 0.5) is 0 Å². The number of benzene rings is 1. The van der Waals surface area contributed by atoms with Crippen LogP contribution < -0.4 is 0 Å². The van der Waals surface area contributed by atoms with Crippen molar-refractivity contribution in [2.75, 3.05) is 20.6 Å². The second-order valence-corrected chi connectivity index (χ2v) is 7.54. The van der Waals surface area contributed by atoms with Crippen LogP contribution in [0.25, 0.3) is 10.1 Å². The SMILES string of the molecule is CN(C)CCc1sc2ccccc2c1C(O)Cc1cscn1. The van der Waals surface area contributed by atoms with Gasteiger partial charge in [0.2, 0.25) is 0 Å². The predicted molar refractivity (Wildman–Crippen MR) is 94.9 cm³/mol. The Morgan fingerprint density at radius 3 is 2.82 bits per heavy atom. The van der Waals surface area contributed by atoms with Crippen LogP contribution in [-0.4, -0.2) is 35.6 Å². The van der Waals surface area contributed by atoms with E-state index in [0.717, 1.165) is 24.2 Å². The largest absolute Gasteiger partial charge is 0.388 e. The Balaban J connectivity index is 1.95. The van der Waals surface area contributed by atoms with E-state index >= 15 is 0 Å². The van der Waals surface area contributed by atoms with Crippen molar-refractivity contribution in [1.82, 2.24) is 9.88 Å². The number of thiophene rings is 1. The molecule has 22 heavy (non-hydrogen) atoms. The second kappa shape index (κ2) is 6.87. The number of hydrogen-bond donors (Lipinski definition) is 1. The second-order valence-electron chi connectivity index (χ2n) is 5.69. The maximum absolute atomic E-state index is 10.8. The van der Waals surface area contributed by atoms with E-state index in [1.165, 1.54) is 15.0 Å². The number of aromatic nitrogens is 1. The van der Waals surface area contributed by atoms with Gasteiger partial charge >= 0.3 is 0 Å². The highest BCUT2D eigenvalue weighted by Crippen LogP contribution is 2.37. The van der Waals surface area contributed by atoms with Gasteiger partial charge in [0.15, 0.2) is 0 Å². The van der Waals surface area contributed by atoms with Gasteiger partial charge in [-0.1, -0.05) is 18.2 Å². The molecule has 0 aliphatic rings. The molecule has 2 heterocycles. The van der Waals surface area contributed by atoms with Crippen molar-refractivity contribution in [2.45, 2.75) is 18.9 Å². The van der Waals surface area contributed by atoms with Gasteiger partial charge in [-0.3, -0.25) is 0 Å². The molecule has 0 fully saturated rings. The van der Waals surface area contributed by atoms with Gasteiger partial charge in [0.1, 0.15) is 0 Å². The predicted octanol–water partition coefficient (Wildman–Crippen LogP) is 3.74. The fourth-order valence-corrected chi connectivity index (χ4v) is 4.45. The topological polar surface area (TPSA) is 36.4 Å². The van der Waals surface area contributed by atoms with Gasteiger partial charge in [-0.15, -0.1) is 22.7 Å². The molecule has 2 aromatic heterocycles. The maximum Gasteiger partial charge on any atom is 0.0862 e. The zero-order valence-corrected chi connectivity index (χ0v) is 14.5. The van der Waals surface area contributed by atoms with Crippen molar-refractivity contribution in [3.05, 3.63) is 51.3 Å². The molecule has 5 heteroatoms. The molecule has 0 bridgehead atoms. The van der Waals surface area contributed by atoms with Crippen molar-refractivity contribution in [3.8, 4) is 0 Å². The molecule has 0 aliphatic carbocycles. The lowest BCUT2D eigenvalue weighted by atomic mass is 10.0. The number of thiazole rings is 1. The smallest absolute Gasteiger partial charge is 0.0862 e. The standard InChI is InChI=1S/C17H20N2OS2/c1-19(2)8-7-16-17(13-5-3-4-6-15(13)22-16)14(20)9-12-10-21-11-18-12/h3-6,10-11,14,20H,7-9H2,1-2H3. The van der Waals surface area contributed by atoms with E-state index in [1.807, 2.05) is 17.0 Å². The summed E-state index contributed by atoms with van der Waals surface area (Å²) in [6.07, 6.45) is 1.06. The minimum atomic E-state index is -0.490. The van der Waals surface area contributed by atoms with E-state index in [4.69, 9.17) is 0 Å². The summed E-state index contributed by atoms with van der Waals surface area (Å²) < 4.78 is 1.25. The zero-order chi connectivity index (χ0) is 15.5. The number of fused-ring (bicyclic) bond motifs is 1. The number of aliphatic hydroxyl groups excluding tert-OH is 1. The van der Waals surface area contributed by atoms with Crippen molar-refractivity contribution in [3.63, 3.8) is 0 Å². The van der Waals surface area contributed by atoms with E-state index in [-0.39, 0.29) is 0 Å². The Morgan fingerprint density at radius 2 is 2.09 bits per heavy atom. The molecule has 0 radical (unpaired) electrons. The molecule has 1 N–H and O–H groups in total. The number of likely N-dealkylation sites (N-methyl/N-ethyl adjacent to an activating group) is 1. The Bertz CT molecular complexity index is 734. The first-order chi connectivity index (χ1) is 10.6. The molecule has 0 saturated carbocycles. The van der Waals surface area contributed by atoms with Gasteiger partial charge < -0.3 is 10.0 Å². The van der Waals surface area contributed by atoms with Gasteiger partial charge in [-0.05, 0) is 32.0 Å². The van der Waals surface area contributed by atoms with Crippen molar-refractivity contribution >= 4 is 32.8 Å². The van der Waals surface area contributed by atoms with Crippen LogP contribution in [0.1, 0.15) is 22.2 Å². The molecule has 3 aromatic rings. The number of aliphatic hydroxyl groups is 1. The van der Waals surface area contributed by atoms with Gasteiger partial charge in [0.25, 0.3) is 0 Å². The summed E-state index contributed by atoms with van der Waals surface area (Å²) >= 11 is 3.38. The van der Waals surface area contributed by atoms with E-state index in [9.17, 15) is 5.11 Å². The van der Waals surface area contributed by atoms with Crippen LogP contribution in [0.2, 0.25) is 0 Å². The molecule has 1 aromatic carbocycles. The van der Waals surface area contributed by atoms with E-state index in [0.29, 0.717) is 6.42 Å². The summed E-state index contributed by atoms with van der Waals surface area (Å²) in [5, 5.41) is 14.0. The molecule has 0 aliphatic heterocycles. The average Bonchev–Trinajstić information content (AvgIpc) is 3.11. The monoisotopic (exact) mass is 332 g/mol. The maximum atomic E-state index is 10.8. The van der Waals surface area contributed by atoms with Gasteiger partial charge in [-0.2, -0.15) is 0 Å². The lowest BCUT2D eigenvalue weighted by molar-refractivity contribution is 0.178. The molecular formula is C17H20N2OS2. The Labute approximate surface area is 138 Å². The van der Waals surface area contributed by atoms with Crippen molar-refractivity contribution in [2.24, 2.45) is 0 Å². The summed E-state index contributed by atoms with van der Waals surface area (Å²) in [6.45, 7) is 0.989. The third-order valence-corrected chi connectivity index (χ3v) is 5.60. The number of hydrogen-bond acceptors (Lipinski definition) is 5. The molecule has 0 spiro atoms. The Hall–Kier alpha value is -1.27. The third-order valence-electron chi connectivity index (χ3n) is 3.72. The molecule has 0 saturated heterocycles. The first-order valence-corrected chi connectivity index (χ1v) is 9.11. The van der Waals surface area contributed by atoms with Gasteiger partial charge in [-0.25, -0.2) is 4.98 Å². The summed E-state index contributed by atoms with van der Waals surface area (Å²) in [4.78, 5) is 7.77. The van der Waals surface area contributed by atoms with Crippen LogP contribution in [-0.2, 0) is 12.8 Å². The molecule has 116 valence electrons. The van der Waals surface area contributed by atoms with E-state index in [1.54, 1.807) is 22.7 Å². The van der Waals surface area contributed by atoms with Crippen molar-refractivity contribution in [1.29, 1.82) is 0 Å². The summed E-state index contributed by atoms with van der Waals surface area (Å²) in [6, 6.07) is 8.36. The Morgan fingerprint density at radius 1 is 1.27 bits per heavy atom. The lowest BCUT2D eigenvalue weighted by Gasteiger charge is -2.14. The first-order valence-electron chi connectivity index (χ1n) is 7.35. The third kappa shape index (κ3) is 3.38. The molecule has 0 amide bonds. The fraction of sp³-hybridized carbons (Fsp3) is 0.353. The molecule has 1 unspecified atom stereocenters. The molecule has 3 nitrogen and oxygen atoms in total. The van der Waals surface area contributed by atoms with Gasteiger partial charge in [0, 0.05) is 33.5 Å². The van der Waals surface area contributed by atoms with Crippen LogP contribution in [0, 0.1) is 0 Å². The highest BCUT2D eigenvalue weighted by Gasteiger charge is 2.20. The summed E-state index contributed by atoms with van der Waals surface area (Å²) in [7, 11) is 4.16. The van der Waals surface area contributed by atoms with Crippen LogP contribution in [0.15, 0.2) is 35.2 Å². The number of nitrogens with zero attached hydrogens (tertiary/aromatic N) is 2. The Kier molecular flexibility index (Phi) is 4.88. The van der Waals surface area contributed by atoms with E-state index in [2.05, 4.69) is 42.2 Å². The lowest BCUT2D eigenvalue weighted by Crippen LogP contribution is -2.15. The fourth-order valence-electron chi connectivity index (χ4n) is 2.63. The minimum Gasteiger partial charge on any atom is -0.388 e. The van der Waals surface area contributed by atoms with Crippen LogP contribution >= 0.6 is 22.7 Å². The van der Waals surface area contributed by atoms with Gasteiger partial charge in [0.05, 0.1) is 17.3 Å². The van der Waals surface area contributed by atoms with Crippen molar-refractivity contribution < 1.29 is 5.11 Å². The first kappa shape index (κ1) is 15.6. The minimum absolute atomic E-state index is 0.490. The zero-order valence-electron chi connectivity index (χ0n) is 12.8. The quantitative estimate of drug-likeness (QED) is 0.747. The average molecular weight is 332 g/mol. The van der Waals surface area contributed by atoms with E-state index < -0.39 is 6.10 Å². The summed E-state index contributed by atoms with van der Waals surface area (Å²) in [5.74, 6) is 0. The molecule has 3 rings (SSSR count). The molecular weight excluding hydrogens is 312 g/mol. The normalized spacial score (nSPS) is 13.1. The number of rotatable bonds is 6. The molecule has 1 atom stereocenters.